The average Bonchev–Trinajstić information content (AvgIpc) is 2.13. The molecule has 15 heavy (non-hydrogen) atoms. The van der Waals surface area contributed by atoms with Crippen molar-refractivity contribution in [2.45, 2.75) is 12.5 Å². The van der Waals surface area contributed by atoms with Gasteiger partial charge in [0.25, 0.3) is 0 Å². The first-order valence-electron chi connectivity index (χ1n) is 4.20. The van der Waals surface area contributed by atoms with Crippen molar-refractivity contribution in [3.8, 4) is 12.3 Å². The summed E-state index contributed by atoms with van der Waals surface area (Å²) in [6, 6.07) is 0. The van der Waals surface area contributed by atoms with Gasteiger partial charge in [-0.05, 0) is 0 Å². The summed E-state index contributed by atoms with van der Waals surface area (Å²) < 4.78 is 32.3. The highest BCUT2D eigenvalue weighted by atomic mass is 32.3. The average molecular weight is 236 g/mol. The molecule has 1 rings (SSSR count). The molecular weight excluding hydrogens is 224 g/mol. The minimum atomic E-state index is -3.07. The monoisotopic (exact) mass is 236 g/mol. The molecule has 0 aliphatic carbocycles. The minimum absolute atomic E-state index is 0.127. The van der Waals surface area contributed by atoms with Crippen LogP contribution < -0.4 is 0 Å². The van der Waals surface area contributed by atoms with Gasteiger partial charge >= 0.3 is 6.16 Å². The smallest absolute Gasteiger partial charge is 0.430 e. The van der Waals surface area contributed by atoms with E-state index in [9.17, 15) is 13.9 Å². The molecule has 1 saturated heterocycles. The molecule has 0 aromatic rings. The van der Waals surface area contributed by atoms with Crippen LogP contribution in [0, 0.1) is 12.3 Å². The van der Waals surface area contributed by atoms with Gasteiger partial charge in [0.2, 0.25) is 0 Å². The van der Waals surface area contributed by atoms with E-state index in [-0.39, 0.29) is 19.0 Å². The Balaban J connectivity index is 2.32. The lowest BCUT2D eigenvalue weighted by Crippen LogP contribution is -2.32. The van der Waals surface area contributed by atoms with Gasteiger partial charge < -0.3 is 18.6 Å². The van der Waals surface area contributed by atoms with E-state index >= 15 is 0 Å². The summed E-state index contributed by atoms with van der Waals surface area (Å²) in [4.78, 5) is 10.9. The van der Waals surface area contributed by atoms with E-state index in [0.29, 0.717) is 6.42 Å². The summed E-state index contributed by atoms with van der Waals surface area (Å²) in [5, 5.41) is 0. The quantitative estimate of drug-likeness (QED) is 0.554. The molecule has 1 aliphatic rings. The van der Waals surface area contributed by atoms with E-state index in [0.717, 1.165) is 0 Å². The molecule has 1 heterocycles. The minimum Gasteiger partial charge on any atom is -0.430 e. The Labute approximate surface area is 89.1 Å². The Morgan fingerprint density at radius 1 is 1.67 bits per heavy atom. The number of carbonyl (C=O) groups is 1. The number of terminal acetylenes is 1. The highest BCUT2D eigenvalue weighted by Crippen LogP contribution is 2.44. The molecule has 1 atom stereocenters. The lowest BCUT2D eigenvalue weighted by molar-refractivity contribution is 0.0229. The molecule has 7 heteroatoms. The number of carbonyl (C=O) groups excluding carboxylic acids is 1. The van der Waals surface area contributed by atoms with Crippen molar-refractivity contribution in [1.82, 2.24) is 0 Å². The maximum absolute atomic E-state index is 10.9. The zero-order valence-corrected chi connectivity index (χ0v) is 8.74. The molecule has 2 N–H and O–H groups in total. The molecule has 0 saturated carbocycles. The van der Waals surface area contributed by atoms with Gasteiger partial charge in [-0.1, -0.05) is 5.92 Å². The first-order chi connectivity index (χ1) is 7.03. The number of hydrogen-bond acceptors (Lipinski definition) is 6. The zero-order valence-electron chi connectivity index (χ0n) is 7.92. The van der Waals surface area contributed by atoms with Gasteiger partial charge in [0.05, 0.1) is 23.2 Å². The van der Waals surface area contributed by atoms with Crippen molar-refractivity contribution in [2.24, 2.45) is 0 Å². The number of ether oxygens (including phenoxy) is 2. The van der Waals surface area contributed by atoms with Crippen LogP contribution >= 0.6 is 10.9 Å². The van der Waals surface area contributed by atoms with E-state index < -0.39 is 23.1 Å². The van der Waals surface area contributed by atoms with E-state index in [4.69, 9.17) is 11.2 Å². The fraction of sp³-hybridized carbons (Fsp3) is 0.625. The van der Waals surface area contributed by atoms with E-state index in [1.807, 2.05) is 0 Å². The third-order valence-corrected chi connectivity index (χ3v) is 3.00. The predicted molar refractivity (Wildman–Crippen MR) is 53.3 cm³/mol. The molecular formula is C8H12O6S. The van der Waals surface area contributed by atoms with Crippen LogP contribution in [-0.2, 0) is 13.7 Å². The molecule has 1 unspecified atom stereocenters. The molecule has 0 radical (unpaired) electrons. The first kappa shape index (κ1) is 12.1. The molecule has 1 fully saturated rings. The highest BCUT2D eigenvalue weighted by molar-refractivity contribution is 8.20. The van der Waals surface area contributed by atoms with Crippen LogP contribution in [0.1, 0.15) is 6.42 Å². The third kappa shape index (κ3) is 4.40. The Hall–Kier alpha value is -0.940. The molecule has 0 amide bonds. The first-order valence-corrected chi connectivity index (χ1v) is 5.85. The van der Waals surface area contributed by atoms with Gasteiger partial charge in [0, 0.05) is 6.42 Å². The Bertz CT molecular complexity index is 271. The second kappa shape index (κ2) is 5.23. The molecule has 1 aliphatic heterocycles. The summed E-state index contributed by atoms with van der Waals surface area (Å²) in [5.74, 6) is 1.98. The van der Waals surface area contributed by atoms with Crippen LogP contribution in [0.3, 0.4) is 0 Å². The Kier molecular flexibility index (Phi) is 4.23. The molecule has 0 bridgehead atoms. The third-order valence-electron chi connectivity index (χ3n) is 1.65. The standard InChI is InChI=1S/C8H12O6S/c1-2-4-12-8(9)14-7-3-5-13-15(10,11)6-7/h1,7,10-11H,3-6H2. The maximum Gasteiger partial charge on any atom is 0.509 e. The van der Waals surface area contributed by atoms with Gasteiger partial charge in [-0.2, -0.15) is 0 Å². The van der Waals surface area contributed by atoms with Crippen LogP contribution in [0.15, 0.2) is 0 Å². The molecule has 6 nitrogen and oxygen atoms in total. The van der Waals surface area contributed by atoms with Crippen LogP contribution in [0.5, 0.6) is 0 Å². The van der Waals surface area contributed by atoms with E-state index in [2.05, 4.69) is 14.8 Å². The van der Waals surface area contributed by atoms with E-state index in [1.54, 1.807) is 0 Å². The van der Waals surface area contributed by atoms with Crippen LogP contribution in [0.4, 0.5) is 4.79 Å². The van der Waals surface area contributed by atoms with Crippen LogP contribution in [0.25, 0.3) is 0 Å². The molecule has 86 valence electrons. The largest absolute Gasteiger partial charge is 0.509 e. The second-order valence-corrected chi connectivity index (χ2v) is 4.65. The Morgan fingerprint density at radius 3 is 3.00 bits per heavy atom. The molecule has 0 aromatic carbocycles. The van der Waals surface area contributed by atoms with Crippen molar-refractivity contribution in [1.29, 1.82) is 0 Å². The van der Waals surface area contributed by atoms with Crippen molar-refractivity contribution < 1.29 is 27.6 Å². The van der Waals surface area contributed by atoms with Crippen LogP contribution in [0.2, 0.25) is 0 Å². The second-order valence-electron chi connectivity index (χ2n) is 2.87. The fourth-order valence-electron chi connectivity index (χ4n) is 1.05. The number of rotatable bonds is 2. The van der Waals surface area contributed by atoms with Gasteiger partial charge in [-0.15, -0.1) is 6.42 Å². The summed E-state index contributed by atoms with van der Waals surface area (Å²) in [5.41, 5.74) is 0. The number of hydrogen-bond donors (Lipinski definition) is 2. The van der Waals surface area contributed by atoms with Gasteiger partial charge in [-0.25, -0.2) is 4.79 Å². The van der Waals surface area contributed by atoms with Crippen molar-refractivity contribution >= 4 is 17.0 Å². The maximum atomic E-state index is 10.9. The topological polar surface area (TPSA) is 85.2 Å². The molecule has 0 spiro atoms. The van der Waals surface area contributed by atoms with Gasteiger partial charge in [0.15, 0.2) is 6.61 Å². The summed E-state index contributed by atoms with van der Waals surface area (Å²) >= 11 is 0. The predicted octanol–water partition coefficient (Wildman–Crippen LogP) is 1.23. The van der Waals surface area contributed by atoms with Crippen molar-refractivity contribution in [3.05, 3.63) is 0 Å². The zero-order chi connectivity index (χ0) is 11.3. The summed E-state index contributed by atoms with van der Waals surface area (Å²) in [7, 11) is -3.07. The summed E-state index contributed by atoms with van der Waals surface area (Å²) in [6.45, 7) is -0.0340. The van der Waals surface area contributed by atoms with Gasteiger partial charge in [-0.3, -0.25) is 4.18 Å². The SMILES string of the molecule is C#CCOC(=O)OC1CCOS(O)(O)C1. The van der Waals surface area contributed by atoms with Crippen LogP contribution in [-0.4, -0.2) is 40.3 Å². The van der Waals surface area contributed by atoms with Crippen molar-refractivity contribution in [3.63, 3.8) is 0 Å². The van der Waals surface area contributed by atoms with E-state index in [1.165, 1.54) is 0 Å². The lowest BCUT2D eigenvalue weighted by Gasteiger charge is -2.34. The van der Waals surface area contributed by atoms with Crippen molar-refractivity contribution in [2.75, 3.05) is 19.0 Å². The Morgan fingerprint density at radius 2 is 2.40 bits per heavy atom. The lowest BCUT2D eigenvalue weighted by atomic mass is 10.3. The normalized spacial score (nSPS) is 26.1. The highest BCUT2D eigenvalue weighted by Gasteiger charge is 2.31. The summed E-state index contributed by atoms with van der Waals surface area (Å²) in [6.07, 6.45) is 3.77. The fourth-order valence-corrected chi connectivity index (χ4v) is 2.23. The van der Waals surface area contributed by atoms with Gasteiger partial charge in [0.1, 0.15) is 6.10 Å². The molecule has 0 aromatic heterocycles.